The van der Waals surface area contributed by atoms with Crippen LogP contribution in [0.25, 0.3) is 0 Å². The lowest BCUT2D eigenvalue weighted by molar-refractivity contribution is -0.137. The zero-order valence-corrected chi connectivity index (χ0v) is 11.2. The number of halogens is 3. The second-order valence-corrected chi connectivity index (χ2v) is 5.03. The van der Waals surface area contributed by atoms with Crippen molar-refractivity contribution in [1.82, 2.24) is 4.90 Å². The molecule has 108 valence electrons. The average Bonchev–Trinajstić information content (AvgIpc) is 2.80. The molecule has 0 amide bonds. The fraction of sp³-hybridized carbons (Fsp3) is 0.500. The Balaban J connectivity index is 2.10. The molecule has 0 aromatic heterocycles. The molecule has 20 heavy (non-hydrogen) atoms. The van der Waals surface area contributed by atoms with Crippen LogP contribution in [0, 0.1) is 11.3 Å². The lowest BCUT2D eigenvalue weighted by atomic mass is 10.1. The molecular weight excluding hydrogens is 267 g/mol. The number of alkyl halides is 3. The summed E-state index contributed by atoms with van der Waals surface area (Å²) in [5.41, 5.74) is -0.307. The molecule has 0 saturated carbocycles. The first kappa shape index (κ1) is 14.7. The van der Waals surface area contributed by atoms with Crippen molar-refractivity contribution in [2.45, 2.75) is 25.1 Å². The first-order valence-corrected chi connectivity index (χ1v) is 6.47. The molecule has 1 unspecified atom stereocenters. The summed E-state index contributed by atoms with van der Waals surface area (Å²) in [7, 11) is 2.03. The Hall–Kier alpha value is -1.74. The SMILES string of the molecule is CN1CCCC1CNc1ccc(C(F)(F)F)cc1C#N. The Morgan fingerprint density at radius 3 is 2.75 bits per heavy atom. The summed E-state index contributed by atoms with van der Waals surface area (Å²) in [4.78, 5) is 2.21. The van der Waals surface area contributed by atoms with E-state index < -0.39 is 11.7 Å². The Labute approximate surface area is 116 Å². The molecule has 6 heteroatoms. The standard InChI is InChI=1S/C14H16F3N3/c1-20-6-2-3-12(20)9-19-13-5-4-11(14(15,16)17)7-10(13)8-18/h4-5,7,12,19H,2-3,6,9H2,1H3. The predicted octanol–water partition coefficient (Wildman–Crippen LogP) is 3.08. The van der Waals surface area contributed by atoms with Crippen LogP contribution in [0.3, 0.4) is 0 Å². The monoisotopic (exact) mass is 283 g/mol. The summed E-state index contributed by atoms with van der Waals surface area (Å²) < 4.78 is 37.7. The summed E-state index contributed by atoms with van der Waals surface area (Å²) in [6.45, 7) is 1.67. The molecule has 1 aromatic carbocycles. The number of nitrogens with zero attached hydrogens (tertiary/aromatic N) is 2. The largest absolute Gasteiger partial charge is 0.416 e. The van der Waals surface area contributed by atoms with Gasteiger partial charge >= 0.3 is 6.18 Å². The third kappa shape index (κ3) is 3.23. The van der Waals surface area contributed by atoms with Gasteiger partial charge in [-0.1, -0.05) is 0 Å². The lowest BCUT2D eigenvalue weighted by Crippen LogP contribution is -2.31. The molecule has 1 aliphatic heterocycles. The molecule has 3 nitrogen and oxygen atoms in total. The number of anilines is 1. The third-order valence-electron chi connectivity index (χ3n) is 3.67. The van der Waals surface area contributed by atoms with Gasteiger partial charge < -0.3 is 10.2 Å². The zero-order chi connectivity index (χ0) is 14.8. The van der Waals surface area contributed by atoms with Crippen molar-refractivity contribution in [3.05, 3.63) is 29.3 Å². The maximum absolute atomic E-state index is 12.6. The number of hydrogen-bond acceptors (Lipinski definition) is 3. The van der Waals surface area contributed by atoms with Gasteiger partial charge in [-0.05, 0) is 44.6 Å². The summed E-state index contributed by atoms with van der Waals surface area (Å²) in [6.07, 6.45) is -2.23. The molecular formula is C14H16F3N3. The topological polar surface area (TPSA) is 39.1 Å². The van der Waals surface area contributed by atoms with Crippen LogP contribution < -0.4 is 5.32 Å². The van der Waals surface area contributed by atoms with E-state index in [1.165, 1.54) is 6.07 Å². The van der Waals surface area contributed by atoms with Gasteiger partial charge in [0.05, 0.1) is 16.8 Å². The van der Waals surface area contributed by atoms with Crippen molar-refractivity contribution < 1.29 is 13.2 Å². The maximum Gasteiger partial charge on any atom is 0.416 e. The number of hydrogen-bond donors (Lipinski definition) is 1. The molecule has 0 bridgehead atoms. The van der Waals surface area contributed by atoms with Crippen LogP contribution in [0.1, 0.15) is 24.0 Å². The van der Waals surface area contributed by atoms with E-state index in [2.05, 4.69) is 10.2 Å². The van der Waals surface area contributed by atoms with Gasteiger partial charge in [0.2, 0.25) is 0 Å². The maximum atomic E-state index is 12.6. The van der Waals surface area contributed by atoms with Crippen molar-refractivity contribution in [3.8, 4) is 6.07 Å². The van der Waals surface area contributed by atoms with E-state index in [1.807, 2.05) is 13.1 Å². The second kappa shape index (κ2) is 5.71. The molecule has 0 radical (unpaired) electrons. The van der Waals surface area contributed by atoms with Gasteiger partial charge in [-0.15, -0.1) is 0 Å². The molecule has 1 atom stereocenters. The van der Waals surface area contributed by atoms with E-state index in [4.69, 9.17) is 5.26 Å². The zero-order valence-electron chi connectivity index (χ0n) is 11.2. The fourth-order valence-electron chi connectivity index (χ4n) is 2.43. The van der Waals surface area contributed by atoms with Crippen molar-refractivity contribution in [3.63, 3.8) is 0 Å². The van der Waals surface area contributed by atoms with E-state index in [9.17, 15) is 13.2 Å². The number of nitriles is 1. The highest BCUT2D eigenvalue weighted by molar-refractivity contribution is 5.59. The molecule has 1 aliphatic rings. The van der Waals surface area contributed by atoms with Crippen LogP contribution in [0.4, 0.5) is 18.9 Å². The molecule has 1 fully saturated rings. The summed E-state index contributed by atoms with van der Waals surface area (Å²) in [6, 6.07) is 5.40. The first-order valence-electron chi connectivity index (χ1n) is 6.47. The van der Waals surface area contributed by atoms with Crippen LogP contribution >= 0.6 is 0 Å². The minimum absolute atomic E-state index is 0.0282. The first-order chi connectivity index (χ1) is 9.41. The van der Waals surface area contributed by atoms with Gasteiger partial charge in [-0.25, -0.2) is 0 Å². The minimum Gasteiger partial charge on any atom is -0.382 e. The van der Waals surface area contributed by atoms with Crippen LogP contribution in [-0.4, -0.2) is 31.1 Å². The Morgan fingerprint density at radius 1 is 1.45 bits per heavy atom. The quantitative estimate of drug-likeness (QED) is 0.926. The van der Waals surface area contributed by atoms with Gasteiger partial charge in [-0.2, -0.15) is 18.4 Å². The van der Waals surface area contributed by atoms with Gasteiger partial charge in [0.1, 0.15) is 6.07 Å². The normalized spacial score (nSPS) is 19.9. The fourth-order valence-corrected chi connectivity index (χ4v) is 2.43. The van der Waals surface area contributed by atoms with E-state index >= 15 is 0 Å². The molecule has 1 aromatic rings. The highest BCUT2D eigenvalue weighted by atomic mass is 19.4. The van der Waals surface area contributed by atoms with Gasteiger partial charge in [0.25, 0.3) is 0 Å². The van der Waals surface area contributed by atoms with Crippen molar-refractivity contribution in [1.29, 1.82) is 5.26 Å². The highest BCUT2D eigenvalue weighted by Gasteiger charge is 2.31. The van der Waals surface area contributed by atoms with E-state index in [0.717, 1.165) is 31.5 Å². The predicted molar refractivity (Wildman–Crippen MR) is 70.3 cm³/mol. The Bertz CT molecular complexity index is 519. The van der Waals surface area contributed by atoms with E-state index in [0.29, 0.717) is 18.3 Å². The smallest absolute Gasteiger partial charge is 0.382 e. The van der Waals surface area contributed by atoms with Gasteiger partial charge in [-0.3, -0.25) is 0 Å². The van der Waals surface area contributed by atoms with Crippen LogP contribution in [0.15, 0.2) is 18.2 Å². The minimum atomic E-state index is -4.42. The Morgan fingerprint density at radius 2 is 2.20 bits per heavy atom. The third-order valence-corrected chi connectivity index (χ3v) is 3.67. The van der Waals surface area contributed by atoms with E-state index in [1.54, 1.807) is 0 Å². The van der Waals surface area contributed by atoms with Crippen LogP contribution in [-0.2, 0) is 6.18 Å². The number of rotatable bonds is 3. The molecule has 1 N–H and O–H groups in total. The molecule has 0 aliphatic carbocycles. The van der Waals surface area contributed by atoms with Crippen molar-refractivity contribution in [2.75, 3.05) is 25.5 Å². The number of likely N-dealkylation sites (tertiary alicyclic amines) is 1. The Kier molecular flexibility index (Phi) is 4.19. The van der Waals surface area contributed by atoms with Crippen molar-refractivity contribution in [2.24, 2.45) is 0 Å². The summed E-state index contributed by atoms with van der Waals surface area (Å²) >= 11 is 0. The van der Waals surface area contributed by atoms with Crippen LogP contribution in [0.5, 0.6) is 0 Å². The summed E-state index contributed by atoms with van der Waals surface area (Å²) in [5, 5.41) is 12.1. The molecule has 1 heterocycles. The number of likely N-dealkylation sites (N-methyl/N-ethyl adjacent to an activating group) is 1. The van der Waals surface area contributed by atoms with Gasteiger partial charge in [0, 0.05) is 12.6 Å². The van der Waals surface area contributed by atoms with Gasteiger partial charge in [0.15, 0.2) is 0 Å². The second-order valence-electron chi connectivity index (χ2n) is 5.03. The molecule has 0 spiro atoms. The van der Waals surface area contributed by atoms with E-state index in [-0.39, 0.29) is 5.56 Å². The van der Waals surface area contributed by atoms with Crippen LogP contribution in [0.2, 0.25) is 0 Å². The van der Waals surface area contributed by atoms with Crippen molar-refractivity contribution >= 4 is 5.69 Å². The average molecular weight is 283 g/mol. The lowest BCUT2D eigenvalue weighted by Gasteiger charge is -2.21. The molecule has 2 rings (SSSR count). The number of nitrogens with one attached hydrogen (secondary N) is 1. The highest BCUT2D eigenvalue weighted by Crippen LogP contribution is 2.31. The molecule has 1 saturated heterocycles. The summed E-state index contributed by atoms with van der Waals surface area (Å²) in [5.74, 6) is 0. The number of benzene rings is 1.